The number of carbonyl (C=O) groups is 1. The molecule has 2 N–H and O–H groups in total. The summed E-state index contributed by atoms with van der Waals surface area (Å²) in [5.41, 5.74) is 4.05. The van der Waals surface area contributed by atoms with Gasteiger partial charge < -0.3 is 20.1 Å². The third kappa shape index (κ3) is 4.97. The monoisotopic (exact) mass is 490 g/mol. The lowest BCUT2D eigenvalue weighted by Crippen LogP contribution is -2.18. The van der Waals surface area contributed by atoms with Gasteiger partial charge in [-0.2, -0.15) is 13.5 Å². The maximum Gasteiger partial charge on any atom is 0.257 e. The first-order valence-electron chi connectivity index (χ1n) is 11.1. The van der Waals surface area contributed by atoms with Gasteiger partial charge in [0.25, 0.3) is 11.8 Å². The Bertz CT molecular complexity index is 1370. The van der Waals surface area contributed by atoms with E-state index in [1.807, 2.05) is 30.3 Å². The van der Waals surface area contributed by atoms with E-state index in [1.54, 1.807) is 25.5 Å². The number of hydrogen-bond donors (Lipinski definition) is 2. The van der Waals surface area contributed by atoms with Crippen molar-refractivity contribution in [3.05, 3.63) is 66.2 Å². The number of rotatable bonds is 6. The zero-order valence-electron chi connectivity index (χ0n) is 19.4. The van der Waals surface area contributed by atoms with Crippen LogP contribution in [0.3, 0.4) is 0 Å². The second-order valence-electron chi connectivity index (χ2n) is 7.98. The van der Waals surface area contributed by atoms with Gasteiger partial charge >= 0.3 is 0 Å². The summed E-state index contributed by atoms with van der Waals surface area (Å²) in [5.74, 6) is 1.80. The van der Waals surface area contributed by atoms with E-state index in [0.29, 0.717) is 42.8 Å². The van der Waals surface area contributed by atoms with E-state index >= 15 is 0 Å². The molecule has 10 heteroatoms. The molecule has 0 saturated heterocycles. The number of nitrogens with zero attached hydrogens (tertiary/aromatic N) is 4. The maximum atomic E-state index is 12.3. The Morgan fingerprint density at radius 2 is 1.94 bits per heavy atom. The minimum atomic E-state index is -0.127. The van der Waals surface area contributed by atoms with Crippen molar-refractivity contribution in [1.29, 1.82) is 0 Å². The number of hydrogen-bond acceptors (Lipinski definition) is 8. The van der Waals surface area contributed by atoms with Crippen LogP contribution in [-0.4, -0.2) is 52.6 Å². The zero-order chi connectivity index (χ0) is 23.5. The van der Waals surface area contributed by atoms with E-state index in [2.05, 4.69) is 37.5 Å². The van der Waals surface area contributed by atoms with Gasteiger partial charge in [-0.25, -0.2) is 15.0 Å². The van der Waals surface area contributed by atoms with Crippen LogP contribution in [0, 0.1) is 0 Å². The van der Waals surface area contributed by atoms with Crippen molar-refractivity contribution in [2.45, 2.75) is 12.8 Å². The molecular formula is C25H26N6O3S. The zero-order valence-corrected chi connectivity index (χ0v) is 20.4. The number of aromatic nitrogens is 4. The molecule has 5 rings (SSSR count). The average molecular weight is 491 g/mol. The summed E-state index contributed by atoms with van der Waals surface area (Å²) in [6.07, 6.45) is 4.91. The third-order valence-corrected chi connectivity index (χ3v) is 5.76. The van der Waals surface area contributed by atoms with E-state index in [9.17, 15) is 4.79 Å². The highest BCUT2D eigenvalue weighted by Gasteiger charge is 2.17. The summed E-state index contributed by atoms with van der Waals surface area (Å²) in [6, 6.07) is 11.4. The third-order valence-electron chi connectivity index (χ3n) is 5.76. The Morgan fingerprint density at radius 3 is 2.80 bits per heavy atom. The van der Waals surface area contributed by atoms with Crippen molar-refractivity contribution in [3.63, 3.8) is 0 Å². The summed E-state index contributed by atoms with van der Waals surface area (Å²) >= 11 is 0. The molecule has 0 spiro atoms. The minimum absolute atomic E-state index is 0. The van der Waals surface area contributed by atoms with Gasteiger partial charge in [-0.15, -0.1) is 0 Å². The van der Waals surface area contributed by atoms with Gasteiger partial charge in [0.05, 0.1) is 16.8 Å². The molecular weight excluding hydrogens is 464 g/mol. The van der Waals surface area contributed by atoms with E-state index in [1.165, 1.54) is 6.33 Å². The topological polar surface area (TPSA) is 111 Å². The molecule has 0 saturated carbocycles. The number of amides is 1. The molecule has 4 heterocycles. The quantitative estimate of drug-likeness (QED) is 0.422. The number of ether oxygens (including phenoxy) is 2. The Labute approximate surface area is 209 Å². The highest BCUT2D eigenvalue weighted by Crippen LogP contribution is 2.32. The van der Waals surface area contributed by atoms with E-state index in [0.717, 1.165) is 27.7 Å². The molecule has 1 aliphatic heterocycles. The fraction of sp³-hybridized carbons (Fsp3) is 0.240. The lowest BCUT2D eigenvalue weighted by atomic mass is 9.96. The molecule has 4 aromatic rings. The maximum absolute atomic E-state index is 12.3. The normalized spacial score (nSPS) is 13.0. The molecule has 1 aromatic carbocycles. The second-order valence-corrected chi connectivity index (χ2v) is 7.98. The molecule has 3 aromatic heterocycles. The Balaban J connectivity index is 0.00000289. The van der Waals surface area contributed by atoms with E-state index < -0.39 is 0 Å². The minimum Gasteiger partial charge on any atom is -0.484 e. The molecule has 0 bridgehead atoms. The lowest BCUT2D eigenvalue weighted by Gasteiger charge is -2.18. The molecule has 180 valence electrons. The fourth-order valence-corrected chi connectivity index (χ4v) is 3.98. The van der Waals surface area contributed by atoms with Crippen molar-refractivity contribution in [1.82, 2.24) is 25.3 Å². The Kier molecular flexibility index (Phi) is 7.31. The van der Waals surface area contributed by atoms with Crippen molar-refractivity contribution in [2.75, 3.05) is 32.1 Å². The summed E-state index contributed by atoms with van der Waals surface area (Å²) in [6.45, 7) is 3.74. The number of anilines is 1. The number of para-hydroxylation sites is 1. The van der Waals surface area contributed by atoms with Crippen molar-refractivity contribution in [2.24, 2.45) is 0 Å². The van der Waals surface area contributed by atoms with Gasteiger partial charge in [0.15, 0.2) is 5.75 Å². The highest BCUT2D eigenvalue weighted by atomic mass is 32.1. The predicted molar refractivity (Wildman–Crippen MR) is 139 cm³/mol. The van der Waals surface area contributed by atoms with Gasteiger partial charge in [-0.05, 0) is 17.7 Å². The number of nitrogens with one attached hydrogen (secondary N) is 2. The molecule has 9 nitrogen and oxygen atoms in total. The van der Waals surface area contributed by atoms with Gasteiger partial charge in [-0.3, -0.25) is 9.78 Å². The van der Waals surface area contributed by atoms with Crippen LogP contribution in [0.1, 0.15) is 28.8 Å². The smallest absolute Gasteiger partial charge is 0.257 e. The molecule has 0 radical (unpaired) electrons. The highest BCUT2D eigenvalue weighted by molar-refractivity contribution is 7.59. The van der Waals surface area contributed by atoms with Crippen LogP contribution >= 0.6 is 13.5 Å². The molecule has 0 unspecified atom stereocenters. The number of carbonyl (C=O) groups excluding carboxylic acids is 1. The van der Waals surface area contributed by atoms with Crippen LogP contribution < -0.4 is 20.1 Å². The van der Waals surface area contributed by atoms with Gasteiger partial charge in [0.2, 0.25) is 0 Å². The fourth-order valence-electron chi connectivity index (χ4n) is 3.98. The van der Waals surface area contributed by atoms with Crippen molar-refractivity contribution in [3.8, 4) is 22.9 Å². The standard InChI is InChI=1S/C25H24N6O3.H2S/c1-15(17-4-3-5-18-19(24(32)26-2)6-7-27-23(17)18)12-28-22-11-20(30-14-31-22)16-10-21-25(29-13-16)34-9-8-33-21;/h3-7,10-11,13-15H,8-9,12H2,1-2H3,(H,26,32)(H,28,30,31);1H2/t15-;/m1./s1. The first kappa shape index (κ1) is 24.2. The van der Waals surface area contributed by atoms with Crippen LogP contribution in [0.25, 0.3) is 22.2 Å². The van der Waals surface area contributed by atoms with E-state index in [4.69, 9.17) is 9.47 Å². The molecule has 1 atom stereocenters. The van der Waals surface area contributed by atoms with Gasteiger partial charge in [0.1, 0.15) is 25.4 Å². The summed E-state index contributed by atoms with van der Waals surface area (Å²) in [4.78, 5) is 29.9. The average Bonchev–Trinajstić information content (AvgIpc) is 2.90. The second kappa shape index (κ2) is 10.6. The number of benzene rings is 1. The number of fused-ring (bicyclic) bond motifs is 2. The Morgan fingerprint density at radius 1 is 1.09 bits per heavy atom. The molecule has 0 aliphatic carbocycles. The molecule has 35 heavy (non-hydrogen) atoms. The number of pyridine rings is 2. The Hall–Kier alpha value is -3.92. The lowest BCUT2D eigenvalue weighted by molar-refractivity contribution is 0.0964. The SMILES string of the molecule is CNC(=O)c1ccnc2c([C@H](C)CNc3cc(-c4cnc5c(c4)OCCO5)ncn3)cccc12.S. The van der Waals surface area contributed by atoms with Gasteiger partial charge in [-0.1, -0.05) is 25.1 Å². The van der Waals surface area contributed by atoms with Crippen LogP contribution in [0.4, 0.5) is 5.82 Å². The van der Waals surface area contributed by atoms with Crippen LogP contribution in [0.2, 0.25) is 0 Å². The first-order chi connectivity index (χ1) is 16.6. The van der Waals surface area contributed by atoms with Crippen molar-refractivity contribution >= 4 is 36.1 Å². The molecule has 0 fully saturated rings. The van der Waals surface area contributed by atoms with Crippen LogP contribution in [-0.2, 0) is 0 Å². The largest absolute Gasteiger partial charge is 0.484 e. The molecule has 1 amide bonds. The summed E-state index contributed by atoms with van der Waals surface area (Å²) in [7, 11) is 1.63. The first-order valence-corrected chi connectivity index (χ1v) is 11.1. The van der Waals surface area contributed by atoms with Gasteiger partial charge in [0, 0.05) is 48.9 Å². The van der Waals surface area contributed by atoms with E-state index in [-0.39, 0.29) is 25.3 Å². The predicted octanol–water partition coefficient (Wildman–Crippen LogP) is 3.55. The summed E-state index contributed by atoms with van der Waals surface area (Å²) in [5, 5.41) is 6.92. The summed E-state index contributed by atoms with van der Waals surface area (Å²) < 4.78 is 11.1. The van der Waals surface area contributed by atoms with Crippen molar-refractivity contribution < 1.29 is 14.3 Å². The van der Waals surface area contributed by atoms with Crippen LogP contribution in [0.5, 0.6) is 11.6 Å². The molecule has 1 aliphatic rings. The van der Waals surface area contributed by atoms with Crippen LogP contribution in [0.15, 0.2) is 55.1 Å².